The predicted octanol–water partition coefficient (Wildman–Crippen LogP) is 3.93. The van der Waals surface area contributed by atoms with Gasteiger partial charge in [-0.3, -0.25) is 0 Å². The molecule has 21 heavy (non-hydrogen) atoms. The summed E-state index contributed by atoms with van der Waals surface area (Å²) in [7, 11) is 1.61. The van der Waals surface area contributed by atoms with E-state index < -0.39 is 6.10 Å². The Labute approximate surface area is 126 Å². The average molecular weight is 286 g/mol. The van der Waals surface area contributed by atoms with Crippen LogP contribution in [0.15, 0.2) is 48.5 Å². The Morgan fingerprint density at radius 2 is 1.67 bits per heavy atom. The van der Waals surface area contributed by atoms with E-state index in [4.69, 9.17) is 9.47 Å². The molecule has 2 aromatic carbocycles. The van der Waals surface area contributed by atoms with E-state index in [9.17, 15) is 5.11 Å². The Hall–Kier alpha value is -2.00. The number of benzene rings is 2. The van der Waals surface area contributed by atoms with Crippen LogP contribution in [-0.4, -0.2) is 18.8 Å². The van der Waals surface area contributed by atoms with Crippen LogP contribution in [0.4, 0.5) is 0 Å². The smallest absolute Gasteiger partial charge is 0.119 e. The van der Waals surface area contributed by atoms with Gasteiger partial charge in [0.25, 0.3) is 0 Å². The quantitative estimate of drug-likeness (QED) is 0.874. The molecule has 0 aliphatic carbocycles. The van der Waals surface area contributed by atoms with Crippen LogP contribution in [0.3, 0.4) is 0 Å². The van der Waals surface area contributed by atoms with Crippen LogP contribution >= 0.6 is 0 Å². The standard InChI is InChI=1S/C18H22O3/c1-13(2)14-7-9-16(10-8-14)21-12-18(19)15-5-4-6-17(11-15)20-3/h4-11,13,18-19H,12H2,1-3H3. The van der Waals surface area contributed by atoms with Crippen LogP contribution in [0.25, 0.3) is 0 Å². The van der Waals surface area contributed by atoms with Gasteiger partial charge in [0.1, 0.15) is 24.2 Å². The molecule has 1 unspecified atom stereocenters. The predicted molar refractivity (Wildman–Crippen MR) is 84.0 cm³/mol. The van der Waals surface area contributed by atoms with Gasteiger partial charge in [0.2, 0.25) is 0 Å². The van der Waals surface area contributed by atoms with Crippen LogP contribution in [-0.2, 0) is 0 Å². The van der Waals surface area contributed by atoms with E-state index in [1.165, 1.54) is 5.56 Å². The lowest BCUT2D eigenvalue weighted by molar-refractivity contribution is 0.108. The molecular formula is C18H22O3. The normalized spacial score (nSPS) is 12.2. The van der Waals surface area contributed by atoms with Crippen molar-refractivity contribution in [1.82, 2.24) is 0 Å². The van der Waals surface area contributed by atoms with Crippen molar-refractivity contribution in [3.8, 4) is 11.5 Å². The molecular weight excluding hydrogens is 264 g/mol. The minimum absolute atomic E-state index is 0.216. The molecule has 0 aromatic heterocycles. The zero-order valence-corrected chi connectivity index (χ0v) is 12.7. The average Bonchev–Trinajstić information content (AvgIpc) is 2.53. The Morgan fingerprint density at radius 3 is 2.29 bits per heavy atom. The molecule has 0 aliphatic rings. The first-order chi connectivity index (χ1) is 10.1. The maximum Gasteiger partial charge on any atom is 0.119 e. The molecule has 112 valence electrons. The number of rotatable bonds is 6. The van der Waals surface area contributed by atoms with Gasteiger partial charge in [-0.05, 0) is 41.3 Å². The molecule has 1 atom stereocenters. The van der Waals surface area contributed by atoms with Crippen LogP contribution in [0.5, 0.6) is 11.5 Å². The summed E-state index contributed by atoms with van der Waals surface area (Å²) in [6, 6.07) is 15.4. The summed E-state index contributed by atoms with van der Waals surface area (Å²) in [5.74, 6) is 2.00. The molecule has 2 rings (SSSR count). The maximum absolute atomic E-state index is 10.2. The Kier molecular flexibility index (Phi) is 5.23. The highest BCUT2D eigenvalue weighted by Gasteiger charge is 2.09. The van der Waals surface area contributed by atoms with Crippen molar-refractivity contribution >= 4 is 0 Å². The van der Waals surface area contributed by atoms with Gasteiger partial charge in [-0.15, -0.1) is 0 Å². The van der Waals surface area contributed by atoms with Gasteiger partial charge in [-0.25, -0.2) is 0 Å². The third kappa shape index (κ3) is 4.23. The molecule has 2 aromatic rings. The monoisotopic (exact) mass is 286 g/mol. The molecule has 0 spiro atoms. The van der Waals surface area contributed by atoms with E-state index in [0.717, 1.165) is 17.1 Å². The molecule has 3 heteroatoms. The molecule has 0 radical (unpaired) electrons. The van der Waals surface area contributed by atoms with Gasteiger partial charge in [-0.1, -0.05) is 38.1 Å². The molecule has 3 nitrogen and oxygen atoms in total. The lowest BCUT2D eigenvalue weighted by atomic mass is 10.0. The van der Waals surface area contributed by atoms with Gasteiger partial charge in [-0.2, -0.15) is 0 Å². The van der Waals surface area contributed by atoms with Crippen molar-refractivity contribution < 1.29 is 14.6 Å². The molecule has 0 amide bonds. The number of aliphatic hydroxyl groups is 1. The van der Waals surface area contributed by atoms with Gasteiger partial charge < -0.3 is 14.6 Å². The zero-order valence-electron chi connectivity index (χ0n) is 12.7. The summed E-state index contributed by atoms with van der Waals surface area (Å²) in [5, 5.41) is 10.2. The van der Waals surface area contributed by atoms with Gasteiger partial charge >= 0.3 is 0 Å². The van der Waals surface area contributed by atoms with Gasteiger partial charge in [0.05, 0.1) is 7.11 Å². The first kappa shape index (κ1) is 15.4. The van der Waals surface area contributed by atoms with Crippen molar-refractivity contribution in [1.29, 1.82) is 0 Å². The fourth-order valence-electron chi connectivity index (χ4n) is 2.07. The summed E-state index contributed by atoms with van der Waals surface area (Å²) in [4.78, 5) is 0. The molecule has 0 saturated heterocycles. The van der Waals surface area contributed by atoms with E-state index in [0.29, 0.717) is 5.92 Å². The number of ether oxygens (including phenoxy) is 2. The minimum Gasteiger partial charge on any atom is -0.497 e. The van der Waals surface area contributed by atoms with Crippen LogP contribution in [0.1, 0.15) is 37.0 Å². The highest BCUT2D eigenvalue weighted by molar-refractivity contribution is 5.31. The van der Waals surface area contributed by atoms with Gasteiger partial charge in [0, 0.05) is 0 Å². The van der Waals surface area contributed by atoms with Crippen LogP contribution < -0.4 is 9.47 Å². The van der Waals surface area contributed by atoms with Crippen molar-refractivity contribution in [3.63, 3.8) is 0 Å². The lowest BCUT2D eigenvalue weighted by Gasteiger charge is -2.14. The van der Waals surface area contributed by atoms with E-state index in [2.05, 4.69) is 26.0 Å². The molecule has 1 N–H and O–H groups in total. The second kappa shape index (κ2) is 7.14. The largest absolute Gasteiger partial charge is 0.497 e. The number of aliphatic hydroxyl groups excluding tert-OH is 1. The second-order valence-corrected chi connectivity index (χ2v) is 5.33. The first-order valence-electron chi connectivity index (χ1n) is 7.15. The fraction of sp³-hybridized carbons (Fsp3) is 0.333. The summed E-state index contributed by atoms with van der Waals surface area (Å²) >= 11 is 0. The highest BCUT2D eigenvalue weighted by Crippen LogP contribution is 2.22. The molecule has 0 fully saturated rings. The Bertz CT molecular complexity index is 561. The first-order valence-corrected chi connectivity index (χ1v) is 7.15. The van der Waals surface area contributed by atoms with E-state index in [1.807, 2.05) is 36.4 Å². The maximum atomic E-state index is 10.2. The van der Waals surface area contributed by atoms with Crippen molar-refractivity contribution in [2.24, 2.45) is 0 Å². The molecule has 0 aliphatic heterocycles. The molecule has 0 heterocycles. The zero-order chi connectivity index (χ0) is 15.2. The second-order valence-electron chi connectivity index (χ2n) is 5.33. The van der Waals surface area contributed by atoms with Crippen molar-refractivity contribution in [3.05, 3.63) is 59.7 Å². The summed E-state index contributed by atoms with van der Waals surface area (Å²) in [6.07, 6.45) is -0.676. The number of hydrogen-bond acceptors (Lipinski definition) is 3. The Morgan fingerprint density at radius 1 is 0.952 bits per heavy atom. The van der Waals surface area contributed by atoms with Crippen LogP contribution in [0, 0.1) is 0 Å². The van der Waals surface area contributed by atoms with Crippen LogP contribution in [0.2, 0.25) is 0 Å². The number of methoxy groups -OCH3 is 1. The topological polar surface area (TPSA) is 38.7 Å². The van der Waals surface area contributed by atoms with E-state index in [-0.39, 0.29) is 6.61 Å². The van der Waals surface area contributed by atoms with E-state index in [1.54, 1.807) is 7.11 Å². The van der Waals surface area contributed by atoms with Gasteiger partial charge in [0.15, 0.2) is 0 Å². The van der Waals surface area contributed by atoms with E-state index >= 15 is 0 Å². The van der Waals surface area contributed by atoms with Crippen molar-refractivity contribution in [2.75, 3.05) is 13.7 Å². The minimum atomic E-state index is -0.676. The molecule has 0 saturated carbocycles. The fourth-order valence-corrected chi connectivity index (χ4v) is 2.07. The summed E-state index contributed by atoms with van der Waals surface area (Å²) in [6.45, 7) is 4.53. The SMILES string of the molecule is COc1cccc(C(O)COc2ccc(C(C)C)cc2)c1. The summed E-state index contributed by atoms with van der Waals surface area (Å²) in [5.41, 5.74) is 2.06. The third-order valence-corrected chi connectivity index (χ3v) is 3.43. The van der Waals surface area contributed by atoms with Crippen molar-refractivity contribution in [2.45, 2.75) is 25.9 Å². The number of hydrogen-bond donors (Lipinski definition) is 1. The molecule has 0 bridgehead atoms. The Balaban J connectivity index is 1.95. The lowest BCUT2D eigenvalue weighted by Crippen LogP contribution is -2.09. The highest BCUT2D eigenvalue weighted by atomic mass is 16.5. The third-order valence-electron chi connectivity index (χ3n) is 3.43. The summed E-state index contributed by atoms with van der Waals surface area (Å²) < 4.78 is 10.8.